The van der Waals surface area contributed by atoms with Crippen LogP contribution in [0.4, 0.5) is 5.69 Å². The van der Waals surface area contributed by atoms with Crippen LogP contribution in [0.3, 0.4) is 0 Å². The minimum Gasteiger partial charge on any atom is -0.322 e. The Hall–Kier alpha value is -2.84. The second-order valence-electron chi connectivity index (χ2n) is 10.7. The van der Waals surface area contributed by atoms with E-state index < -0.39 is 6.04 Å². The van der Waals surface area contributed by atoms with Gasteiger partial charge >= 0.3 is 0 Å². The molecular formula is C29H34N4O3S. The Labute approximate surface area is 222 Å². The number of amides is 3. The molecule has 4 aliphatic rings. The van der Waals surface area contributed by atoms with E-state index in [4.69, 9.17) is 0 Å². The predicted octanol–water partition coefficient (Wildman–Crippen LogP) is 4.08. The van der Waals surface area contributed by atoms with Crippen molar-refractivity contribution in [2.45, 2.75) is 63.6 Å². The second kappa shape index (κ2) is 10.5. The smallest absolute Gasteiger partial charge is 0.255 e. The predicted molar refractivity (Wildman–Crippen MR) is 145 cm³/mol. The normalized spacial score (nSPS) is 23.4. The van der Waals surface area contributed by atoms with Crippen molar-refractivity contribution in [3.63, 3.8) is 0 Å². The fraction of sp³-hybridized carbons (Fsp3) is 0.483. The fourth-order valence-electron chi connectivity index (χ4n) is 6.14. The van der Waals surface area contributed by atoms with E-state index in [9.17, 15) is 14.4 Å². The number of likely N-dealkylation sites (tertiary alicyclic amines) is 1. The van der Waals surface area contributed by atoms with E-state index in [0.717, 1.165) is 44.6 Å². The Morgan fingerprint density at radius 3 is 2.59 bits per heavy atom. The molecule has 4 aliphatic heterocycles. The van der Waals surface area contributed by atoms with Crippen molar-refractivity contribution in [2.75, 3.05) is 29.7 Å². The number of nitrogens with zero attached hydrogens (tertiary/aromatic N) is 3. The van der Waals surface area contributed by atoms with Gasteiger partial charge in [0, 0.05) is 43.1 Å². The zero-order chi connectivity index (χ0) is 25.4. The average Bonchev–Trinajstić information content (AvgIpc) is 3.25. The average molecular weight is 519 g/mol. The van der Waals surface area contributed by atoms with Gasteiger partial charge < -0.3 is 9.21 Å². The van der Waals surface area contributed by atoms with E-state index in [0.29, 0.717) is 24.4 Å². The molecule has 37 heavy (non-hydrogen) atoms. The summed E-state index contributed by atoms with van der Waals surface area (Å²) in [6, 6.07) is 14.7. The molecule has 0 aliphatic carbocycles. The molecule has 0 bridgehead atoms. The van der Waals surface area contributed by atoms with Crippen LogP contribution in [0.2, 0.25) is 0 Å². The summed E-state index contributed by atoms with van der Waals surface area (Å²) < 4.78 is 2.44. The molecule has 7 nitrogen and oxygen atoms in total. The van der Waals surface area contributed by atoms with Crippen LogP contribution < -0.4 is 9.62 Å². The van der Waals surface area contributed by atoms with Gasteiger partial charge in [-0.15, -0.1) is 0 Å². The molecule has 1 unspecified atom stereocenters. The van der Waals surface area contributed by atoms with Gasteiger partial charge in [-0.1, -0.05) is 24.3 Å². The van der Waals surface area contributed by atoms with Gasteiger partial charge in [-0.2, -0.15) is 0 Å². The minimum atomic E-state index is -0.559. The van der Waals surface area contributed by atoms with E-state index in [-0.39, 0.29) is 24.1 Å². The molecule has 0 aromatic heterocycles. The van der Waals surface area contributed by atoms with E-state index in [2.05, 4.69) is 50.9 Å². The second-order valence-corrected chi connectivity index (χ2v) is 11.8. The lowest BCUT2D eigenvalue weighted by Crippen LogP contribution is -2.52. The van der Waals surface area contributed by atoms with Crippen molar-refractivity contribution in [3.8, 4) is 0 Å². The van der Waals surface area contributed by atoms with Crippen molar-refractivity contribution in [1.29, 1.82) is 0 Å². The first kappa shape index (κ1) is 24.5. The first-order chi connectivity index (χ1) is 18.0. The van der Waals surface area contributed by atoms with Crippen molar-refractivity contribution in [1.82, 2.24) is 15.1 Å². The van der Waals surface area contributed by atoms with Gasteiger partial charge in [0.15, 0.2) is 0 Å². The highest BCUT2D eigenvalue weighted by atomic mass is 32.2. The Morgan fingerprint density at radius 1 is 0.946 bits per heavy atom. The molecule has 8 heteroatoms. The molecular weight excluding hydrogens is 484 g/mol. The number of nitrogens with one attached hydrogen (secondary N) is 1. The maximum atomic E-state index is 13.0. The van der Waals surface area contributed by atoms with E-state index in [1.807, 2.05) is 18.0 Å². The van der Waals surface area contributed by atoms with Crippen LogP contribution in [0.5, 0.6) is 0 Å². The van der Waals surface area contributed by atoms with Gasteiger partial charge in [-0.3, -0.25) is 24.6 Å². The summed E-state index contributed by atoms with van der Waals surface area (Å²) in [5, 5.41) is 2.38. The molecule has 2 aromatic carbocycles. The van der Waals surface area contributed by atoms with Gasteiger partial charge in [0.1, 0.15) is 6.04 Å². The number of carbonyl (C=O) groups is 3. The third kappa shape index (κ3) is 5.14. The number of imide groups is 1. The van der Waals surface area contributed by atoms with Crippen molar-refractivity contribution in [3.05, 3.63) is 64.7 Å². The highest BCUT2D eigenvalue weighted by molar-refractivity contribution is 8.00. The Bertz CT molecular complexity index is 1200. The van der Waals surface area contributed by atoms with Gasteiger partial charge in [0.25, 0.3) is 5.91 Å². The van der Waals surface area contributed by atoms with E-state index >= 15 is 0 Å². The topological polar surface area (TPSA) is 73.0 Å². The maximum Gasteiger partial charge on any atom is 0.255 e. The summed E-state index contributed by atoms with van der Waals surface area (Å²) in [5.41, 5.74) is 5.70. The monoisotopic (exact) mass is 518 g/mol. The summed E-state index contributed by atoms with van der Waals surface area (Å²) in [5.74, 6) is 0.982. The fourth-order valence-corrected chi connectivity index (χ4v) is 7.22. The zero-order valence-electron chi connectivity index (χ0n) is 21.2. The summed E-state index contributed by atoms with van der Waals surface area (Å²) in [6.45, 7) is 4.69. The van der Waals surface area contributed by atoms with E-state index in [1.54, 1.807) is 4.90 Å². The van der Waals surface area contributed by atoms with Crippen LogP contribution in [0.15, 0.2) is 42.5 Å². The first-order valence-electron chi connectivity index (χ1n) is 13.5. The molecule has 3 amide bonds. The van der Waals surface area contributed by atoms with Gasteiger partial charge in [-0.25, -0.2) is 0 Å². The van der Waals surface area contributed by atoms with Crippen LogP contribution in [0.1, 0.15) is 71.5 Å². The molecule has 2 aromatic rings. The lowest BCUT2D eigenvalue weighted by Gasteiger charge is -2.33. The summed E-state index contributed by atoms with van der Waals surface area (Å²) in [7, 11) is 0. The van der Waals surface area contributed by atoms with E-state index in [1.165, 1.54) is 35.4 Å². The molecule has 0 spiro atoms. The summed E-state index contributed by atoms with van der Waals surface area (Å²) in [4.78, 5) is 41.0. The molecule has 4 heterocycles. The number of rotatable bonds is 5. The number of benzene rings is 2. The van der Waals surface area contributed by atoms with Crippen molar-refractivity contribution >= 4 is 35.4 Å². The number of hydrogen-bond acceptors (Lipinski definition) is 6. The third-order valence-corrected chi connectivity index (χ3v) is 9.39. The highest BCUT2D eigenvalue weighted by Gasteiger charge is 2.39. The molecule has 0 saturated carbocycles. The van der Waals surface area contributed by atoms with Gasteiger partial charge in [0.05, 0.1) is 0 Å². The van der Waals surface area contributed by atoms with Crippen LogP contribution >= 0.6 is 11.9 Å². The van der Waals surface area contributed by atoms with Crippen LogP contribution in [0, 0.1) is 0 Å². The number of piperidine rings is 2. The molecule has 1 atom stereocenters. The van der Waals surface area contributed by atoms with Crippen LogP contribution in [0.25, 0.3) is 0 Å². The Kier molecular flexibility index (Phi) is 6.95. The highest BCUT2D eigenvalue weighted by Crippen LogP contribution is 2.34. The molecule has 1 N–H and O–H groups in total. The quantitative estimate of drug-likeness (QED) is 0.475. The number of carbonyl (C=O) groups excluding carboxylic acids is 3. The SMILES string of the molecule is O=C1CCC(N2Cc3cc(C4CCN(Cc5cccc(N6CCCCS6)c5)CC4)ccc3C2=O)C(=O)N1. The molecule has 194 valence electrons. The Morgan fingerprint density at radius 2 is 1.81 bits per heavy atom. The maximum absolute atomic E-state index is 13.0. The van der Waals surface area contributed by atoms with Crippen LogP contribution in [-0.2, 0) is 22.7 Å². The number of fused-ring (bicyclic) bond motifs is 1. The van der Waals surface area contributed by atoms with Crippen molar-refractivity contribution in [2.24, 2.45) is 0 Å². The number of hydrogen-bond donors (Lipinski definition) is 1. The molecule has 0 radical (unpaired) electrons. The summed E-state index contributed by atoms with van der Waals surface area (Å²) >= 11 is 1.95. The number of anilines is 1. The molecule has 3 fully saturated rings. The standard InChI is InChI=1S/C29H34N4O3S/c34-27-9-8-26(28(35)30-27)32-19-23-17-22(6-7-25(23)29(32)36)21-10-13-31(14-11-21)18-20-4-3-5-24(16-20)33-12-1-2-15-37-33/h3-7,16-17,21,26H,1-2,8-15,18-19H2,(H,30,34,35). The van der Waals surface area contributed by atoms with Crippen LogP contribution in [-0.4, -0.2) is 59.0 Å². The largest absolute Gasteiger partial charge is 0.322 e. The van der Waals surface area contributed by atoms with Gasteiger partial charge in [-0.05, 0) is 97.9 Å². The third-order valence-electron chi connectivity index (χ3n) is 8.21. The lowest BCUT2D eigenvalue weighted by atomic mass is 9.87. The van der Waals surface area contributed by atoms with Gasteiger partial charge in [0.2, 0.25) is 11.8 Å². The van der Waals surface area contributed by atoms with Crippen molar-refractivity contribution < 1.29 is 14.4 Å². The summed E-state index contributed by atoms with van der Waals surface area (Å²) in [6.07, 6.45) is 5.47. The molecule has 6 rings (SSSR count). The zero-order valence-corrected chi connectivity index (χ0v) is 22.0. The Balaban J connectivity index is 1.06. The minimum absolute atomic E-state index is 0.101. The first-order valence-corrected chi connectivity index (χ1v) is 14.5. The molecule has 3 saturated heterocycles. The lowest BCUT2D eigenvalue weighted by molar-refractivity contribution is -0.136.